The summed E-state index contributed by atoms with van der Waals surface area (Å²) in [7, 11) is 0. The van der Waals surface area contributed by atoms with E-state index in [-0.39, 0.29) is 30.0 Å². The van der Waals surface area contributed by atoms with Gasteiger partial charge in [0, 0.05) is 11.2 Å². The van der Waals surface area contributed by atoms with Gasteiger partial charge >= 0.3 is 0 Å². The summed E-state index contributed by atoms with van der Waals surface area (Å²) >= 11 is 0. The van der Waals surface area contributed by atoms with Crippen LogP contribution >= 0.6 is 0 Å². The van der Waals surface area contributed by atoms with Crippen LogP contribution in [0.25, 0.3) is 0 Å². The molecule has 1 amide bonds. The zero-order chi connectivity index (χ0) is 18.0. The fraction of sp³-hybridized carbons (Fsp3) is 0.650. The maximum absolute atomic E-state index is 12.3. The van der Waals surface area contributed by atoms with Crippen LogP contribution in [0.4, 0.5) is 5.69 Å². The van der Waals surface area contributed by atoms with E-state index in [1.807, 2.05) is 26.0 Å². The maximum atomic E-state index is 12.3. The molecule has 1 aliphatic rings. The Bertz CT molecular complexity index is 597. The Kier molecular flexibility index (Phi) is 5.71. The summed E-state index contributed by atoms with van der Waals surface area (Å²) < 4.78 is 0. The van der Waals surface area contributed by atoms with Crippen LogP contribution in [0, 0.1) is 25.2 Å². The zero-order valence-corrected chi connectivity index (χ0v) is 15.7. The molecule has 2 rings (SSSR count). The van der Waals surface area contributed by atoms with Crippen LogP contribution in [0.5, 0.6) is 0 Å². The largest absolute Gasteiger partial charge is 0.394 e. The summed E-state index contributed by atoms with van der Waals surface area (Å²) in [6.45, 7) is 11.0. The molecule has 0 unspecified atom stereocenters. The molecule has 0 spiro atoms. The highest BCUT2D eigenvalue weighted by Crippen LogP contribution is 2.43. The standard InChI is InChI=1S/C20H32N2O2/c1-14-6-7-17(16(3)8-14)22-18(24)11-21-20(13-23)10-15(2)9-19(4,5)12-20/h6-8,15,21,23H,9-13H2,1-5H3,(H,22,24)/t15-,20+/m1/s1. The van der Waals surface area contributed by atoms with E-state index < -0.39 is 0 Å². The third kappa shape index (κ3) is 4.81. The van der Waals surface area contributed by atoms with Gasteiger partial charge in [-0.3, -0.25) is 4.79 Å². The van der Waals surface area contributed by atoms with Crippen molar-refractivity contribution in [2.45, 2.75) is 59.4 Å². The molecule has 1 aromatic carbocycles. The van der Waals surface area contributed by atoms with Gasteiger partial charge in [-0.05, 0) is 56.1 Å². The minimum atomic E-state index is -0.360. The predicted molar refractivity (Wildman–Crippen MR) is 99.2 cm³/mol. The summed E-state index contributed by atoms with van der Waals surface area (Å²) in [4.78, 5) is 12.3. The molecule has 4 heteroatoms. The van der Waals surface area contributed by atoms with Gasteiger partial charge in [-0.2, -0.15) is 0 Å². The molecular formula is C20H32N2O2. The smallest absolute Gasteiger partial charge is 0.238 e. The first-order valence-corrected chi connectivity index (χ1v) is 8.88. The first kappa shape index (κ1) is 18.9. The van der Waals surface area contributed by atoms with E-state index in [0.29, 0.717) is 5.92 Å². The van der Waals surface area contributed by atoms with Gasteiger partial charge in [-0.25, -0.2) is 0 Å². The lowest BCUT2D eigenvalue weighted by Crippen LogP contribution is -2.56. The molecule has 134 valence electrons. The number of anilines is 1. The Morgan fingerprint density at radius 1 is 1.29 bits per heavy atom. The normalized spacial score (nSPS) is 26.2. The molecule has 0 heterocycles. The van der Waals surface area contributed by atoms with Crippen LogP contribution < -0.4 is 10.6 Å². The lowest BCUT2D eigenvalue weighted by Gasteiger charge is -2.47. The van der Waals surface area contributed by atoms with E-state index >= 15 is 0 Å². The molecule has 2 atom stereocenters. The summed E-state index contributed by atoms with van der Waals surface area (Å²) in [6, 6.07) is 6.00. The molecule has 0 saturated heterocycles. The Morgan fingerprint density at radius 2 is 2.00 bits per heavy atom. The lowest BCUT2D eigenvalue weighted by atomic mass is 9.64. The molecule has 1 saturated carbocycles. The van der Waals surface area contributed by atoms with Gasteiger partial charge in [0.25, 0.3) is 0 Å². The fourth-order valence-corrected chi connectivity index (χ4v) is 4.47. The molecule has 3 N–H and O–H groups in total. The summed E-state index contributed by atoms with van der Waals surface area (Å²) in [5.41, 5.74) is 2.91. The minimum Gasteiger partial charge on any atom is -0.394 e. The second kappa shape index (κ2) is 7.24. The van der Waals surface area contributed by atoms with E-state index in [2.05, 4.69) is 37.5 Å². The molecule has 0 aromatic heterocycles. The van der Waals surface area contributed by atoms with E-state index in [1.54, 1.807) is 0 Å². The number of aryl methyl sites for hydroxylation is 2. The third-order valence-corrected chi connectivity index (χ3v) is 5.04. The highest BCUT2D eigenvalue weighted by molar-refractivity contribution is 5.93. The second-order valence-electron chi connectivity index (χ2n) is 8.51. The quantitative estimate of drug-likeness (QED) is 0.774. The average molecular weight is 332 g/mol. The highest BCUT2D eigenvalue weighted by Gasteiger charge is 2.42. The van der Waals surface area contributed by atoms with Crippen LogP contribution in [0.1, 0.15) is 51.2 Å². The summed E-state index contributed by atoms with van der Waals surface area (Å²) in [5.74, 6) is 0.474. The molecule has 1 fully saturated rings. The van der Waals surface area contributed by atoms with Gasteiger partial charge < -0.3 is 15.7 Å². The van der Waals surface area contributed by atoms with Gasteiger partial charge in [0.15, 0.2) is 0 Å². The number of amides is 1. The van der Waals surface area contributed by atoms with Crippen LogP contribution in [-0.4, -0.2) is 29.7 Å². The van der Waals surface area contributed by atoms with Crippen LogP contribution in [0.15, 0.2) is 18.2 Å². The maximum Gasteiger partial charge on any atom is 0.238 e. The minimum absolute atomic E-state index is 0.0641. The molecule has 0 bridgehead atoms. The number of benzene rings is 1. The topological polar surface area (TPSA) is 61.4 Å². The number of carbonyl (C=O) groups excluding carboxylic acids is 1. The van der Waals surface area contributed by atoms with Crippen molar-refractivity contribution in [3.05, 3.63) is 29.3 Å². The second-order valence-corrected chi connectivity index (χ2v) is 8.51. The van der Waals surface area contributed by atoms with Gasteiger partial charge in [-0.1, -0.05) is 38.5 Å². The first-order chi connectivity index (χ1) is 11.1. The predicted octanol–water partition coefficient (Wildman–Crippen LogP) is 3.41. The molecule has 0 radical (unpaired) electrons. The van der Waals surface area contributed by atoms with Gasteiger partial charge in [0.2, 0.25) is 5.91 Å². The number of aliphatic hydroxyl groups excluding tert-OH is 1. The van der Waals surface area contributed by atoms with Crippen molar-refractivity contribution < 1.29 is 9.90 Å². The van der Waals surface area contributed by atoms with Crippen molar-refractivity contribution in [2.75, 3.05) is 18.5 Å². The average Bonchev–Trinajstić information content (AvgIpc) is 2.46. The number of rotatable bonds is 5. The zero-order valence-electron chi connectivity index (χ0n) is 15.7. The molecule has 0 aliphatic heterocycles. The van der Waals surface area contributed by atoms with Gasteiger partial charge in [-0.15, -0.1) is 0 Å². The molecule has 1 aliphatic carbocycles. The monoisotopic (exact) mass is 332 g/mol. The van der Waals surface area contributed by atoms with E-state index in [1.165, 1.54) is 5.56 Å². The number of nitrogens with one attached hydrogen (secondary N) is 2. The van der Waals surface area contributed by atoms with Crippen molar-refractivity contribution >= 4 is 11.6 Å². The Hall–Kier alpha value is -1.39. The van der Waals surface area contributed by atoms with Crippen molar-refractivity contribution in [1.82, 2.24) is 5.32 Å². The third-order valence-electron chi connectivity index (χ3n) is 5.04. The van der Waals surface area contributed by atoms with E-state index in [0.717, 1.165) is 30.5 Å². The Morgan fingerprint density at radius 3 is 2.58 bits per heavy atom. The Labute approximate surface area is 146 Å². The van der Waals surface area contributed by atoms with Gasteiger partial charge in [0.05, 0.1) is 13.2 Å². The number of hydrogen-bond donors (Lipinski definition) is 3. The highest BCUT2D eigenvalue weighted by atomic mass is 16.3. The molecule has 1 aromatic rings. The van der Waals surface area contributed by atoms with Crippen molar-refractivity contribution in [3.8, 4) is 0 Å². The van der Waals surface area contributed by atoms with Gasteiger partial charge in [0.1, 0.15) is 0 Å². The number of hydrogen-bond acceptors (Lipinski definition) is 3. The Balaban J connectivity index is 1.98. The molecule has 24 heavy (non-hydrogen) atoms. The van der Waals surface area contributed by atoms with Crippen LogP contribution in [0.2, 0.25) is 0 Å². The van der Waals surface area contributed by atoms with Crippen LogP contribution in [-0.2, 0) is 4.79 Å². The van der Waals surface area contributed by atoms with Crippen molar-refractivity contribution in [2.24, 2.45) is 11.3 Å². The lowest BCUT2D eigenvalue weighted by molar-refractivity contribution is -0.116. The fourth-order valence-electron chi connectivity index (χ4n) is 4.47. The molecule has 4 nitrogen and oxygen atoms in total. The summed E-state index contributed by atoms with van der Waals surface area (Å²) in [5, 5.41) is 16.3. The first-order valence-electron chi connectivity index (χ1n) is 8.88. The van der Waals surface area contributed by atoms with E-state index in [9.17, 15) is 9.90 Å². The van der Waals surface area contributed by atoms with Crippen molar-refractivity contribution in [3.63, 3.8) is 0 Å². The number of aliphatic hydroxyl groups is 1. The summed E-state index contributed by atoms with van der Waals surface area (Å²) in [6.07, 6.45) is 2.95. The molecular weight excluding hydrogens is 300 g/mol. The number of carbonyl (C=O) groups is 1. The van der Waals surface area contributed by atoms with E-state index in [4.69, 9.17) is 0 Å². The van der Waals surface area contributed by atoms with Crippen LogP contribution in [0.3, 0.4) is 0 Å². The van der Waals surface area contributed by atoms with Crippen molar-refractivity contribution in [1.29, 1.82) is 0 Å². The SMILES string of the molecule is Cc1ccc(NC(=O)CN[C@@]2(CO)C[C@H](C)CC(C)(C)C2)c(C)c1.